The zero-order valence-corrected chi connectivity index (χ0v) is 20.7. The summed E-state index contributed by atoms with van der Waals surface area (Å²) in [6, 6.07) is 16.1. The van der Waals surface area contributed by atoms with E-state index in [1.807, 2.05) is 36.4 Å². The molecule has 0 heterocycles. The van der Waals surface area contributed by atoms with E-state index in [4.69, 9.17) is 23.7 Å². The van der Waals surface area contributed by atoms with Crippen LogP contribution < -0.4 is 23.7 Å². The second-order valence-electron chi connectivity index (χ2n) is 6.95. The van der Waals surface area contributed by atoms with Gasteiger partial charge in [-0.2, -0.15) is 0 Å². The van der Waals surface area contributed by atoms with Gasteiger partial charge in [-0.3, -0.25) is 4.79 Å². The molecule has 0 amide bonds. The van der Waals surface area contributed by atoms with Crippen molar-refractivity contribution in [3.05, 3.63) is 75.8 Å². The Kier molecular flexibility index (Phi) is 8.01. The summed E-state index contributed by atoms with van der Waals surface area (Å²) >= 11 is 3.51. The lowest BCUT2D eigenvalue weighted by molar-refractivity contribution is 0.105. The van der Waals surface area contributed by atoms with Gasteiger partial charge in [0.15, 0.2) is 5.78 Å². The summed E-state index contributed by atoms with van der Waals surface area (Å²) in [5, 5.41) is 0. The molecule has 0 aliphatic heterocycles. The van der Waals surface area contributed by atoms with Gasteiger partial charge in [-0.15, -0.1) is 0 Å². The van der Waals surface area contributed by atoms with E-state index in [1.54, 1.807) is 52.7 Å². The number of benzene rings is 3. The number of Topliss-reactive ketones (excluding diaryl/α,β-unsaturated/α-hetero) is 1. The molecule has 33 heavy (non-hydrogen) atoms. The second-order valence-corrected chi connectivity index (χ2v) is 7.75. The van der Waals surface area contributed by atoms with E-state index in [2.05, 4.69) is 15.9 Å². The maximum absolute atomic E-state index is 13.9. The number of halogens is 1. The maximum Gasteiger partial charge on any atom is 0.195 e. The van der Waals surface area contributed by atoms with E-state index >= 15 is 0 Å². The van der Waals surface area contributed by atoms with Crippen LogP contribution in [0.4, 0.5) is 0 Å². The highest BCUT2D eigenvalue weighted by atomic mass is 79.9. The van der Waals surface area contributed by atoms with Crippen LogP contribution in [0, 0.1) is 0 Å². The van der Waals surface area contributed by atoms with Crippen LogP contribution in [0.1, 0.15) is 21.5 Å². The minimum absolute atomic E-state index is 0.217. The number of rotatable bonds is 9. The Balaban J connectivity index is 2.22. The lowest BCUT2D eigenvalue weighted by atomic mass is 9.94. The smallest absolute Gasteiger partial charge is 0.195 e. The molecule has 0 bridgehead atoms. The predicted molar refractivity (Wildman–Crippen MR) is 132 cm³/mol. The van der Waals surface area contributed by atoms with Gasteiger partial charge in [0.05, 0.1) is 40.0 Å². The lowest BCUT2D eigenvalue weighted by Crippen LogP contribution is -2.06. The first-order valence-corrected chi connectivity index (χ1v) is 10.8. The van der Waals surface area contributed by atoms with E-state index in [0.29, 0.717) is 44.4 Å². The van der Waals surface area contributed by atoms with Gasteiger partial charge in [0.25, 0.3) is 0 Å². The van der Waals surface area contributed by atoms with E-state index in [-0.39, 0.29) is 5.78 Å². The molecule has 0 aliphatic rings. The highest BCUT2D eigenvalue weighted by Gasteiger charge is 2.21. The number of ether oxygens (including phenoxy) is 5. The highest BCUT2D eigenvalue weighted by Crippen LogP contribution is 2.37. The fourth-order valence-electron chi connectivity index (χ4n) is 3.28. The Morgan fingerprint density at radius 3 is 1.76 bits per heavy atom. The van der Waals surface area contributed by atoms with Crippen LogP contribution in [0.2, 0.25) is 0 Å². The second kappa shape index (κ2) is 10.9. The predicted octanol–water partition coefficient (Wildman–Crippen LogP) is 5.92. The van der Waals surface area contributed by atoms with E-state index in [9.17, 15) is 4.79 Å². The Morgan fingerprint density at radius 1 is 0.697 bits per heavy atom. The zero-order valence-electron chi connectivity index (χ0n) is 19.1. The monoisotopic (exact) mass is 512 g/mol. The Morgan fingerprint density at radius 2 is 1.24 bits per heavy atom. The third-order valence-electron chi connectivity index (χ3n) is 5.04. The van der Waals surface area contributed by atoms with Gasteiger partial charge in [0.2, 0.25) is 0 Å². The van der Waals surface area contributed by atoms with Crippen LogP contribution in [0.5, 0.6) is 28.7 Å². The standard InChI is InChI=1S/C26H25BrO6/c1-29-18-8-6-17(7-9-18)22(12-16-10-19(30-2)13-20(11-16)31-3)26(28)23-14-21(32-4)15-24(33-5)25(23)27/h6-15H,1-5H3/b22-12+. The maximum atomic E-state index is 13.9. The molecule has 172 valence electrons. The number of hydrogen-bond donors (Lipinski definition) is 0. The summed E-state index contributed by atoms with van der Waals surface area (Å²) in [5.41, 5.74) is 2.33. The van der Waals surface area contributed by atoms with Gasteiger partial charge in [-0.05, 0) is 63.5 Å². The molecule has 0 N–H and O–H groups in total. The van der Waals surface area contributed by atoms with Crippen LogP contribution >= 0.6 is 15.9 Å². The molecule has 3 aromatic carbocycles. The zero-order chi connectivity index (χ0) is 24.0. The summed E-state index contributed by atoms with van der Waals surface area (Å²) in [6.07, 6.45) is 1.80. The first kappa shape index (κ1) is 24.2. The number of carbonyl (C=O) groups excluding carboxylic acids is 1. The summed E-state index contributed by atoms with van der Waals surface area (Å²) in [6.45, 7) is 0. The summed E-state index contributed by atoms with van der Waals surface area (Å²) < 4.78 is 27.4. The molecule has 3 rings (SSSR count). The largest absolute Gasteiger partial charge is 0.497 e. The summed E-state index contributed by atoms with van der Waals surface area (Å²) in [7, 11) is 7.84. The van der Waals surface area contributed by atoms with E-state index in [1.165, 1.54) is 7.11 Å². The molecule has 0 radical (unpaired) electrons. The molecule has 0 spiro atoms. The van der Waals surface area contributed by atoms with Gasteiger partial charge in [0, 0.05) is 23.3 Å². The number of carbonyl (C=O) groups is 1. The molecule has 3 aromatic rings. The molecule has 0 aromatic heterocycles. The molecule has 0 unspecified atom stereocenters. The topological polar surface area (TPSA) is 63.2 Å². The Bertz CT molecular complexity index is 1150. The average molecular weight is 513 g/mol. The molecule has 0 fully saturated rings. The highest BCUT2D eigenvalue weighted by molar-refractivity contribution is 9.10. The summed E-state index contributed by atoms with van der Waals surface area (Å²) in [4.78, 5) is 13.9. The van der Waals surface area contributed by atoms with Crippen LogP contribution in [0.15, 0.2) is 59.1 Å². The fraction of sp³-hybridized carbons (Fsp3) is 0.192. The fourth-order valence-corrected chi connectivity index (χ4v) is 3.85. The van der Waals surface area contributed by atoms with Crippen LogP contribution in [0.25, 0.3) is 11.6 Å². The molecule has 0 saturated carbocycles. The average Bonchev–Trinajstić information content (AvgIpc) is 2.86. The van der Waals surface area contributed by atoms with Crippen molar-refractivity contribution in [3.63, 3.8) is 0 Å². The molecular weight excluding hydrogens is 488 g/mol. The lowest BCUT2D eigenvalue weighted by Gasteiger charge is -2.14. The first-order chi connectivity index (χ1) is 15.9. The minimum atomic E-state index is -0.217. The Labute approximate surface area is 201 Å². The molecular formula is C26H25BrO6. The van der Waals surface area contributed by atoms with Crippen molar-refractivity contribution in [2.24, 2.45) is 0 Å². The number of methoxy groups -OCH3 is 5. The van der Waals surface area contributed by atoms with Crippen LogP contribution in [-0.2, 0) is 0 Å². The third kappa shape index (κ3) is 5.49. The molecule has 7 heteroatoms. The van der Waals surface area contributed by atoms with Crippen LogP contribution in [-0.4, -0.2) is 41.3 Å². The quantitative estimate of drug-likeness (QED) is 0.201. The SMILES string of the molecule is COc1ccc(/C(=C\c2cc(OC)cc(OC)c2)C(=O)c2cc(OC)cc(OC)c2Br)cc1. The van der Waals surface area contributed by atoms with Gasteiger partial charge < -0.3 is 23.7 Å². The van der Waals surface area contributed by atoms with Gasteiger partial charge in [-0.25, -0.2) is 0 Å². The first-order valence-electron chi connectivity index (χ1n) is 9.99. The van der Waals surface area contributed by atoms with E-state index < -0.39 is 0 Å². The number of hydrogen-bond acceptors (Lipinski definition) is 6. The van der Waals surface area contributed by atoms with Crippen molar-refractivity contribution in [2.45, 2.75) is 0 Å². The molecule has 0 aliphatic carbocycles. The summed E-state index contributed by atoms with van der Waals surface area (Å²) in [5.74, 6) is 2.71. The minimum Gasteiger partial charge on any atom is -0.497 e. The Hall–Kier alpha value is -3.45. The van der Waals surface area contributed by atoms with Crippen molar-refractivity contribution in [1.82, 2.24) is 0 Å². The number of ketones is 1. The van der Waals surface area contributed by atoms with Crippen molar-refractivity contribution >= 4 is 33.4 Å². The van der Waals surface area contributed by atoms with E-state index in [0.717, 1.165) is 11.1 Å². The van der Waals surface area contributed by atoms with Crippen LogP contribution in [0.3, 0.4) is 0 Å². The normalized spacial score (nSPS) is 11.0. The van der Waals surface area contributed by atoms with Crippen molar-refractivity contribution in [3.8, 4) is 28.7 Å². The number of allylic oxidation sites excluding steroid dienone is 1. The molecule has 0 saturated heterocycles. The molecule has 6 nitrogen and oxygen atoms in total. The van der Waals surface area contributed by atoms with Crippen molar-refractivity contribution < 1.29 is 28.5 Å². The van der Waals surface area contributed by atoms with Crippen molar-refractivity contribution in [2.75, 3.05) is 35.5 Å². The third-order valence-corrected chi connectivity index (χ3v) is 5.86. The molecule has 0 atom stereocenters. The van der Waals surface area contributed by atoms with Gasteiger partial charge in [0.1, 0.15) is 28.7 Å². The van der Waals surface area contributed by atoms with Gasteiger partial charge >= 0.3 is 0 Å². The van der Waals surface area contributed by atoms with Gasteiger partial charge in [-0.1, -0.05) is 12.1 Å². The van der Waals surface area contributed by atoms with Crippen molar-refractivity contribution in [1.29, 1.82) is 0 Å².